The Balaban J connectivity index is 2.04. The number of fused-ring (bicyclic) bond motifs is 2. The highest BCUT2D eigenvalue weighted by Crippen LogP contribution is 2.39. The van der Waals surface area contributed by atoms with Gasteiger partial charge in [0.05, 0.1) is 12.0 Å². The summed E-state index contributed by atoms with van der Waals surface area (Å²) < 4.78 is 5.92. The van der Waals surface area contributed by atoms with Crippen molar-refractivity contribution in [1.29, 1.82) is 0 Å². The Morgan fingerprint density at radius 1 is 1.23 bits per heavy atom. The number of carboxylic acids is 1. The molecule has 1 aliphatic heterocycles. The van der Waals surface area contributed by atoms with Crippen LogP contribution >= 0.6 is 0 Å². The number of rotatable bonds is 2. The van der Waals surface area contributed by atoms with Crippen molar-refractivity contribution in [3.63, 3.8) is 0 Å². The van der Waals surface area contributed by atoms with Crippen molar-refractivity contribution >= 4 is 5.97 Å². The zero-order valence-corrected chi connectivity index (χ0v) is 12.5. The fourth-order valence-corrected chi connectivity index (χ4v) is 2.74. The molecule has 2 atom stereocenters. The van der Waals surface area contributed by atoms with Crippen LogP contribution < -0.4 is 4.74 Å². The SMILES string of the molecule is Cc1ccc2c(c1)C[C@@H](O)c1cc([C@H](C)C(=O)O)ccc1O2. The minimum absolute atomic E-state index is 0.453. The molecule has 0 saturated carbocycles. The van der Waals surface area contributed by atoms with Gasteiger partial charge >= 0.3 is 5.97 Å². The van der Waals surface area contributed by atoms with E-state index in [0.29, 0.717) is 23.3 Å². The molecule has 4 nitrogen and oxygen atoms in total. The Morgan fingerprint density at radius 3 is 2.68 bits per heavy atom. The average Bonchev–Trinajstić information content (AvgIpc) is 2.62. The van der Waals surface area contributed by atoms with Crippen LogP contribution in [0.3, 0.4) is 0 Å². The molecule has 114 valence electrons. The Bertz CT molecular complexity index is 736. The summed E-state index contributed by atoms with van der Waals surface area (Å²) in [5.74, 6) is -0.188. The predicted octanol–water partition coefficient (Wildman–Crippen LogP) is 3.56. The van der Waals surface area contributed by atoms with Gasteiger partial charge in [-0.2, -0.15) is 0 Å². The largest absolute Gasteiger partial charge is 0.481 e. The predicted molar refractivity (Wildman–Crippen MR) is 82.4 cm³/mol. The number of hydrogen-bond donors (Lipinski definition) is 2. The highest BCUT2D eigenvalue weighted by molar-refractivity contribution is 5.75. The maximum Gasteiger partial charge on any atom is 0.310 e. The summed E-state index contributed by atoms with van der Waals surface area (Å²) in [7, 11) is 0. The van der Waals surface area contributed by atoms with E-state index in [9.17, 15) is 9.90 Å². The number of aliphatic carboxylic acids is 1. The highest BCUT2D eigenvalue weighted by atomic mass is 16.5. The summed E-state index contributed by atoms with van der Waals surface area (Å²) >= 11 is 0. The molecular weight excluding hydrogens is 280 g/mol. The van der Waals surface area contributed by atoms with E-state index in [1.54, 1.807) is 25.1 Å². The lowest BCUT2D eigenvalue weighted by molar-refractivity contribution is -0.138. The molecule has 3 rings (SSSR count). The second-order valence-corrected chi connectivity index (χ2v) is 5.79. The number of carboxylic acid groups (broad SMARTS) is 1. The number of aliphatic hydroxyl groups is 1. The normalized spacial score (nSPS) is 17.7. The topological polar surface area (TPSA) is 66.8 Å². The van der Waals surface area contributed by atoms with E-state index in [1.807, 2.05) is 25.1 Å². The zero-order chi connectivity index (χ0) is 15.9. The van der Waals surface area contributed by atoms with Crippen LogP contribution in [-0.4, -0.2) is 16.2 Å². The first-order valence-electron chi connectivity index (χ1n) is 7.28. The van der Waals surface area contributed by atoms with Crippen LogP contribution in [0.2, 0.25) is 0 Å². The molecule has 0 aromatic heterocycles. The monoisotopic (exact) mass is 298 g/mol. The van der Waals surface area contributed by atoms with Crippen molar-refractivity contribution in [2.24, 2.45) is 0 Å². The molecule has 2 N–H and O–H groups in total. The third kappa shape index (κ3) is 2.57. The Hall–Kier alpha value is -2.33. The molecule has 22 heavy (non-hydrogen) atoms. The van der Waals surface area contributed by atoms with Crippen LogP contribution in [0.25, 0.3) is 0 Å². The fraction of sp³-hybridized carbons (Fsp3) is 0.278. The first kappa shape index (κ1) is 14.6. The van der Waals surface area contributed by atoms with Crippen LogP contribution in [0.1, 0.15) is 41.2 Å². The number of benzene rings is 2. The molecule has 0 amide bonds. The lowest BCUT2D eigenvalue weighted by Gasteiger charge is -2.14. The van der Waals surface area contributed by atoms with Gasteiger partial charge in [-0.05, 0) is 43.2 Å². The van der Waals surface area contributed by atoms with Gasteiger partial charge in [0.25, 0.3) is 0 Å². The summed E-state index contributed by atoms with van der Waals surface area (Å²) in [5, 5.41) is 19.6. The summed E-state index contributed by atoms with van der Waals surface area (Å²) in [5.41, 5.74) is 3.37. The number of carbonyl (C=O) groups is 1. The van der Waals surface area contributed by atoms with Crippen molar-refractivity contribution < 1.29 is 19.7 Å². The number of aryl methyl sites for hydroxylation is 1. The lowest BCUT2D eigenvalue weighted by atomic mass is 9.94. The quantitative estimate of drug-likeness (QED) is 0.889. The van der Waals surface area contributed by atoms with Crippen LogP contribution in [0.15, 0.2) is 36.4 Å². The van der Waals surface area contributed by atoms with Gasteiger partial charge in [0.15, 0.2) is 0 Å². The van der Waals surface area contributed by atoms with Gasteiger partial charge in [-0.15, -0.1) is 0 Å². The molecule has 0 aliphatic carbocycles. The van der Waals surface area contributed by atoms with Crippen LogP contribution in [0.4, 0.5) is 0 Å². The Morgan fingerprint density at radius 2 is 1.95 bits per heavy atom. The minimum atomic E-state index is -0.886. The molecule has 0 radical (unpaired) electrons. The lowest BCUT2D eigenvalue weighted by Crippen LogP contribution is -2.09. The number of hydrogen-bond acceptors (Lipinski definition) is 3. The van der Waals surface area contributed by atoms with Crippen molar-refractivity contribution in [3.8, 4) is 11.5 Å². The van der Waals surface area contributed by atoms with E-state index in [2.05, 4.69) is 0 Å². The van der Waals surface area contributed by atoms with E-state index in [1.165, 1.54) is 0 Å². The van der Waals surface area contributed by atoms with E-state index in [0.717, 1.165) is 16.9 Å². The number of aliphatic hydroxyl groups excluding tert-OH is 1. The van der Waals surface area contributed by atoms with Gasteiger partial charge in [0, 0.05) is 12.0 Å². The standard InChI is InChI=1S/C18H18O4/c1-10-3-5-16-13(7-10)9-15(19)14-8-12(11(2)18(20)21)4-6-17(14)22-16/h3-8,11,15,19H,9H2,1-2H3,(H,20,21)/t11-,15+/m0/s1. The van der Waals surface area contributed by atoms with Crippen molar-refractivity contribution in [2.45, 2.75) is 32.3 Å². The second-order valence-electron chi connectivity index (χ2n) is 5.79. The Kier molecular flexibility index (Phi) is 3.62. The molecule has 0 fully saturated rings. The third-order valence-electron chi connectivity index (χ3n) is 4.11. The van der Waals surface area contributed by atoms with Gasteiger partial charge in [0.1, 0.15) is 11.5 Å². The van der Waals surface area contributed by atoms with E-state index < -0.39 is 18.0 Å². The first-order valence-corrected chi connectivity index (χ1v) is 7.28. The van der Waals surface area contributed by atoms with Crippen LogP contribution in [0.5, 0.6) is 11.5 Å². The summed E-state index contributed by atoms with van der Waals surface area (Å²) in [4.78, 5) is 11.1. The van der Waals surface area contributed by atoms with Gasteiger partial charge in [-0.3, -0.25) is 4.79 Å². The van der Waals surface area contributed by atoms with Gasteiger partial charge in [-0.1, -0.05) is 23.8 Å². The number of ether oxygens (including phenoxy) is 1. The molecule has 0 bridgehead atoms. The van der Waals surface area contributed by atoms with E-state index in [-0.39, 0.29) is 0 Å². The maximum atomic E-state index is 11.1. The van der Waals surface area contributed by atoms with Gasteiger partial charge in [0.2, 0.25) is 0 Å². The molecule has 0 unspecified atom stereocenters. The molecule has 0 spiro atoms. The van der Waals surface area contributed by atoms with Crippen molar-refractivity contribution in [3.05, 3.63) is 58.7 Å². The molecule has 2 aromatic carbocycles. The smallest absolute Gasteiger partial charge is 0.310 e. The van der Waals surface area contributed by atoms with Crippen LogP contribution in [-0.2, 0) is 11.2 Å². The molecule has 2 aromatic rings. The third-order valence-corrected chi connectivity index (χ3v) is 4.11. The average molecular weight is 298 g/mol. The molecule has 1 aliphatic rings. The molecular formula is C18H18O4. The first-order chi connectivity index (χ1) is 10.5. The molecule has 0 saturated heterocycles. The van der Waals surface area contributed by atoms with Crippen LogP contribution in [0, 0.1) is 6.92 Å². The fourth-order valence-electron chi connectivity index (χ4n) is 2.74. The minimum Gasteiger partial charge on any atom is -0.481 e. The highest BCUT2D eigenvalue weighted by Gasteiger charge is 2.24. The second kappa shape index (κ2) is 5.46. The zero-order valence-electron chi connectivity index (χ0n) is 12.5. The van der Waals surface area contributed by atoms with Gasteiger partial charge in [-0.25, -0.2) is 0 Å². The van der Waals surface area contributed by atoms with E-state index >= 15 is 0 Å². The summed E-state index contributed by atoms with van der Waals surface area (Å²) in [6.07, 6.45) is -0.256. The maximum absolute atomic E-state index is 11.1. The summed E-state index contributed by atoms with van der Waals surface area (Å²) in [6.45, 7) is 3.63. The van der Waals surface area contributed by atoms with Crippen molar-refractivity contribution in [1.82, 2.24) is 0 Å². The van der Waals surface area contributed by atoms with Gasteiger partial charge < -0.3 is 14.9 Å². The summed E-state index contributed by atoms with van der Waals surface area (Å²) in [6, 6.07) is 11.1. The van der Waals surface area contributed by atoms with E-state index in [4.69, 9.17) is 9.84 Å². The Labute approximate surface area is 129 Å². The molecule has 1 heterocycles. The molecule has 4 heteroatoms. The van der Waals surface area contributed by atoms with Crippen molar-refractivity contribution in [2.75, 3.05) is 0 Å².